The summed E-state index contributed by atoms with van der Waals surface area (Å²) in [4.78, 5) is 11.8. The molecule has 2 heterocycles. The molecule has 0 aromatic carbocycles. The van der Waals surface area contributed by atoms with Crippen molar-refractivity contribution < 1.29 is 9.53 Å². The van der Waals surface area contributed by atoms with E-state index in [0.717, 1.165) is 12.3 Å². The molecule has 86 valence electrons. The van der Waals surface area contributed by atoms with Crippen molar-refractivity contribution in [3.05, 3.63) is 12.2 Å². The van der Waals surface area contributed by atoms with Crippen molar-refractivity contribution in [3.8, 4) is 0 Å². The van der Waals surface area contributed by atoms with Crippen LogP contribution >= 0.6 is 0 Å². The summed E-state index contributed by atoms with van der Waals surface area (Å²) in [7, 11) is 0. The van der Waals surface area contributed by atoms with Gasteiger partial charge in [0.1, 0.15) is 0 Å². The molecule has 6 unspecified atom stereocenters. The van der Waals surface area contributed by atoms with Crippen LogP contribution in [0.15, 0.2) is 12.2 Å². The predicted octanol–water partition coefficient (Wildman–Crippen LogP) is 2.34. The van der Waals surface area contributed by atoms with Crippen LogP contribution in [0.1, 0.15) is 33.1 Å². The zero-order chi connectivity index (χ0) is 11.1. The minimum atomic E-state index is 0.117. The van der Waals surface area contributed by atoms with Crippen molar-refractivity contribution in [2.24, 2.45) is 23.2 Å². The summed E-state index contributed by atoms with van der Waals surface area (Å²) in [5.41, 5.74) is 0.416. The zero-order valence-electron chi connectivity index (χ0n) is 9.90. The van der Waals surface area contributed by atoms with Crippen LogP contribution in [0.2, 0.25) is 0 Å². The first-order valence-electron chi connectivity index (χ1n) is 6.45. The summed E-state index contributed by atoms with van der Waals surface area (Å²) >= 11 is 0. The maximum absolute atomic E-state index is 11.8. The number of ether oxygens (including phenoxy) is 1. The van der Waals surface area contributed by atoms with Gasteiger partial charge in [0.2, 0.25) is 0 Å². The van der Waals surface area contributed by atoms with E-state index in [2.05, 4.69) is 19.9 Å². The largest absolute Gasteiger partial charge is 0.371 e. The van der Waals surface area contributed by atoms with E-state index in [4.69, 9.17) is 4.74 Å². The fourth-order valence-electron chi connectivity index (χ4n) is 5.17. The molecule has 1 spiro atoms. The average Bonchev–Trinajstić information content (AvgIpc) is 2.57. The number of ketones is 1. The molecule has 5 rings (SSSR count). The second-order valence-corrected chi connectivity index (χ2v) is 6.57. The van der Waals surface area contributed by atoms with E-state index in [1.807, 2.05) is 6.08 Å². The lowest BCUT2D eigenvalue weighted by atomic mass is 9.58. The number of hydrogen-bond donors (Lipinski definition) is 0. The Labute approximate surface area is 96.0 Å². The molecule has 4 bridgehead atoms. The Morgan fingerprint density at radius 2 is 2.31 bits per heavy atom. The van der Waals surface area contributed by atoms with Crippen LogP contribution in [-0.4, -0.2) is 17.5 Å². The summed E-state index contributed by atoms with van der Waals surface area (Å²) in [6.45, 7) is 4.37. The maximum Gasteiger partial charge on any atom is 0.158 e. The maximum atomic E-state index is 11.8. The molecule has 0 N–H and O–H groups in total. The van der Waals surface area contributed by atoms with E-state index >= 15 is 0 Å². The van der Waals surface area contributed by atoms with Crippen molar-refractivity contribution in [2.75, 3.05) is 0 Å². The van der Waals surface area contributed by atoms with E-state index in [1.165, 1.54) is 12.8 Å². The Balaban J connectivity index is 1.87. The SMILES string of the molecule is CC1C(=O)C=CC23CC4CC(OC4(C)C2)C13. The quantitative estimate of drug-likeness (QED) is 0.624. The number of carbonyl (C=O) groups is 1. The summed E-state index contributed by atoms with van der Waals surface area (Å²) in [5.74, 6) is 1.66. The number of allylic oxidation sites excluding steroid dienone is 2. The first-order chi connectivity index (χ1) is 7.54. The molecular weight excluding hydrogens is 200 g/mol. The van der Waals surface area contributed by atoms with Gasteiger partial charge in [0, 0.05) is 11.8 Å². The van der Waals surface area contributed by atoms with E-state index < -0.39 is 0 Å². The van der Waals surface area contributed by atoms with Crippen LogP contribution in [0.3, 0.4) is 0 Å². The van der Waals surface area contributed by atoms with Crippen LogP contribution in [0.4, 0.5) is 0 Å². The van der Waals surface area contributed by atoms with Crippen molar-refractivity contribution in [1.82, 2.24) is 0 Å². The first kappa shape index (κ1) is 9.41. The third-order valence-electron chi connectivity index (χ3n) is 5.74. The van der Waals surface area contributed by atoms with Crippen LogP contribution < -0.4 is 0 Å². The van der Waals surface area contributed by atoms with Gasteiger partial charge in [-0.15, -0.1) is 0 Å². The predicted molar refractivity (Wildman–Crippen MR) is 59.9 cm³/mol. The van der Waals surface area contributed by atoms with Gasteiger partial charge in [-0.25, -0.2) is 0 Å². The molecule has 2 saturated heterocycles. The van der Waals surface area contributed by atoms with Gasteiger partial charge in [-0.3, -0.25) is 4.79 Å². The number of carbonyl (C=O) groups excluding carboxylic acids is 1. The highest BCUT2D eigenvalue weighted by atomic mass is 16.5. The molecule has 4 fully saturated rings. The third kappa shape index (κ3) is 0.839. The Bertz CT molecular complexity index is 413. The molecule has 3 aliphatic carbocycles. The van der Waals surface area contributed by atoms with E-state index in [-0.39, 0.29) is 11.5 Å². The highest BCUT2D eigenvalue weighted by Crippen LogP contribution is 2.68. The molecule has 16 heavy (non-hydrogen) atoms. The van der Waals surface area contributed by atoms with Crippen LogP contribution in [-0.2, 0) is 9.53 Å². The van der Waals surface area contributed by atoms with E-state index in [0.29, 0.717) is 23.2 Å². The number of rotatable bonds is 0. The highest BCUT2D eigenvalue weighted by molar-refractivity contribution is 5.93. The summed E-state index contributed by atoms with van der Waals surface area (Å²) < 4.78 is 6.24. The molecule has 6 atom stereocenters. The van der Waals surface area contributed by atoms with Crippen molar-refractivity contribution in [2.45, 2.75) is 44.8 Å². The smallest absolute Gasteiger partial charge is 0.158 e. The third-order valence-corrected chi connectivity index (χ3v) is 5.74. The van der Waals surface area contributed by atoms with Gasteiger partial charge in [0.05, 0.1) is 11.7 Å². The van der Waals surface area contributed by atoms with Gasteiger partial charge in [-0.1, -0.05) is 13.0 Å². The molecule has 2 nitrogen and oxygen atoms in total. The Hall–Kier alpha value is -0.630. The molecular formula is C14H18O2. The average molecular weight is 218 g/mol. The van der Waals surface area contributed by atoms with Gasteiger partial charge in [-0.2, -0.15) is 0 Å². The molecule has 0 amide bonds. The Morgan fingerprint density at radius 3 is 3.06 bits per heavy atom. The van der Waals surface area contributed by atoms with E-state index in [9.17, 15) is 4.79 Å². The summed E-state index contributed by atoms with van der Waals surface area (Å²) in [5, 5.41) is 0. The monoisotopic (exact) mass is 218 g/mol. The summed E-state index contributed by atoms with van der Waals surface area (Å²) in [6, 6.07) is 0. The molecule has 2 heteroatoms. The minimum Gasteiger partial charge on any atom is -0.371 e. The number of hydrogen-bond acceptors (Lipinski definition) is 2. The van der Waals surface area contributed by atoms with Gasteiger partial charge >= 0.3 is 0 Å². The normalized spacial score (nSPS) is 61.8. The van der Waals surface area contributed by atoms with Crippen LogP contribution in [0, 0.1) is 23.2 Å². The van der Waals surface area contributed by atoms with Gasteiger partial charge in [0.15, 0.2) is 5.78 Å². The molecule has 2 saturated carbocycles. The van der Waals surface area contributed by atoms with E-state index in [1.54, 1.807) is 0 Å². The standard InChI is InChI=1S/C14H18O2/c1-8-10(15)3-4-14-6-9-5-11(12(8)14)16-13(9,2)7-14/h3-4,8-9,11-12H,5-7H2,1-2H3. The zero-order valence-corrected chi connectivity index (χ0v) is 9.90. The van der Waals surface area contributed by atoms with Crippen molar-refractivity contribution in [3.63, 3.8) is 0 Å². The Morgan fingerprint density at radius 1 is 1.50 bits per heavy atom. The second-order valence-electron chi connectivity index (χ2n) is 6.57. The lowest BCUT2D eigenvalue weighted by Crippen LogP contribution is -2.50. The molecule has 5 aliphatic rings. The first-order valence-corrected chi connectivity index (χ1v) is 6.45. The molecule has 0 aromatic rings. The fraction of sp³-hybridized carbons (Fsp3) is 0.786. The van der Waals surface area contributed by atoms with Crippen molar-refractivity contribution >= 4 is 5.78 Å². The molecule has 0 radical (unpaired) electrons. The lowest BCUT2D eigenvalue weighted by molar-refractivity contribution is -0.148. The highest BCUT2D eigenvalue weighted by Gasteiger charge is 2.68. The topological polar surface area (TPSA) is 26.3 Å². The Kier molecular flexibility index (Phi) is 1.44. The molecule has 2 aliphatic heterocycles. The van der Waals surface area contributed by atoms with Crippen LogP contribution in [0.25, 0.3) is 0 Å². The van der Waals surface area contributed by atoms with Gasteiger partial charge in [0.25, 0.3) is 0 Å². The van der Waals surface area contributed by atoms with Crippen LogP contribution in [0.5, 0.6) is 0 Å². The van der Waals surface area contributed by atoms with Gasteiger partial charge < -0.3 is 4.74 Å². The minimum absolute atomic E-state index is 0.117. The second kappa shape index (κ2) is 2.45. The molecule has 0 aromatic heterocycles. The summed E-state index contributed by atoms with van der Waals surface area (Å²) in [6.07, 6.45) is 8.00. The lowest BCUT2D eigenvalue weighted by Gasteiger charge is -2.49. The van der Waals surface area contributed by atoms with Gasteiger partial charge in [-0.05, 0) is 43.6 Å². The fourth-order valence-corrected chi connectivity index (χ4v) is 5.17. The van der Waals surface area contributed by atoms with Crippen molar-refractivity contribution in [1.29, 1.82) is 0 Å².